The van der Waals surface area contributed by atoms with Crippen molar-refractivity contribution in [1.29, 1.82) is 0 Å². The third kappa shape index (κ3) is 1.98. The van der Waals surface area contributed by atoms with Gasteiger partial charge in [0.2, 0.25) is 0 Å². The molecule has 0 aliphatic heterocycles. The lowest BCUT2D eigenvalue weighted by molar-refractivity contribution is 0.0737. The van der Waals surface area contributed by atoms with Crippen LogP contribution in [0.3, 0.4) is 0 Å². The monoisotopic (exact) mass is 155 g/mol. The lowest BCUT2D eigenvalue weighted by atomic mass is 10.1. The van der Waals surface area contributed by atoms with E-state index in [0.29, 0.717) is 5.69 Å². The Kier molecular flexibility index (Phi) is 1.91. The third-order valence-corrected chi connectivity index (χ3v) is 1.35. The molecule has 1 aromatic rings. The van der Waals surface area contributed by atoms with Crippen molar-refractivity contribution in [3.63, 3.8) is 0 Å². The molecule has 0 aliphatic rings. The maximum Gasteiger partial charge on any atom is 0.141 e. The van der Waals surface area contributed by atoms with Crippen LogP contribution in [0.5, 0.6) is 0 Å². The van der Waals surface area contributed by atoms with Crippen LogP contribution in [0.4, 0.5) is 4.39 Å². The second-order valence-corrected chi connectivity index (χ2v) is 2.92. The molecule has 0 saturated heterocycles. The maximum absolute atomic E-state index is 12.3. The van der Waals surface area contributed by atoms with E-state index >= 15 is 0 Å². The highest BCUT2D eigenvalue weighted by atomic mass is 19.1. The largest absolute Gasteiger partial charge is 0.384 e. The van der Waals surface area contributed by atoms with Crippen LogP contribution < -0.4 is 0 Å². The highest BCUT2D eigenvalue weighted by molar-refractivity contribution is 5.11. The van der Waals surface area contributed by atoms with Gasteiger partial charge in [-0.25, -0.2) is 4.39 Å². The summed E-state index contributed by atoms with van der Waals surface area (Å²) in [6.07, 6.45) is 1.09. The summed E-state index contributed by atoms with van der Waals surface area (Å²) in [6.45, 7) is 3.21. The zero-order chi connectivity index (χ0) is 8.48. The van der Waals surface area contributed by atoms with E-state index in [0.717, 1.165) is 6.20 Å². The molecule has 1 N–H and O–H groups in total. The average Bonchev–Trinajstić information content (AvgIpc) is 1.86. The quantitative estimate of drug-likeness (QED) is 0.665. The standard InChI is InChI=1S/C8H10FNO/c1-8(2,11)7-4-3-6(9)5-10-7/h3-5,11H,1-2H3. The molecule has 0 atom stereocenters. The molecule has 1 aromatic heterocycles. The van der Waals surface area contributed by atoms with Gasteiger partial charge in [0.25, 0.3) is 0 Å². The molecule has 0 aliphatic carbocycles. The van der Waals surface area contributed by atoms with Gasteiger partial charge in [-0.05, 0) is 26.0 Å². The van der Waals surface area contributed by atoms with E-state index in [9.17, 15) is 9.50 Å². The van der Waals surface area contributed by atoms with E-state index < -0.39 is 11.4 Å². The second kappa shape index (κ2) is 2.58. The molecule has 1 heterocycles. The topological polar surface area (TPSA) is 33.1 Å². The van der Waals surface area contributed by atoms with Crippen LogP contribution >= 0.6 is 0 Å². The summed E-state index contributed by atoms with van der Waals surface area (Å²) in [6, 6.07) is 2.75. The zero-order valence-electron chi connectivity index (χ0n) is 6.50. The second-order valence-electron chi connectivity index (χ2n) is 2.92. The first kappa shape index (κ1) is 8.14. The first-order chi connectivity index (χ1) is 5.00. The first-order valence-electron chi connectivity index (χ1n) is 3.34. The van der Waals surface area contributed by atoms with Gasteiger partial charge >= 0.3 is 0 Å². The molecule has 60 valence electrons. The Morgan fingerprint density at radius 1 is 1.45 bits per heavy atom. The van der Waals surface area contributed by atoms with Crippen LogP contribution in [0.25, 0.3) is 0 Å². The van der Waals surface area contributed by atoms with E-state index in [1.54, 1.807) is 13.8 Å². The van der Waals surface area contributed by atoms with E-state index in [1.807, 2.05) is 0 Å². The number of aromatic nitrogens is 1. The lowest BCUT2D eigenvalue weighted by Gasteiger charge is -2.15. The summed E-state index contributed by atoms with van der Waals surface area (Å²) < 4.78 is 12.3. The van der Waals surface area contributed by atoms with Gasteiger partial charge in [0, 0.05) is 0 Å². The van der Waals surface area contributed by atoms with Gasteiger partial charge in [0.1, 0.15) is 11.4 Å². The van der Waals surface area contributed by atoms with E-state index in [-0.39, 0.29) is 0 Å². The number of hydrogen-bond donors (Lipinski definition) is 1. The Hall–Kier alpha value is -0.960. The molecule has 1 rings (SSSR count). The van der Waals surface area contributed by atoms with E-state index in [1.165, 1.54) is 12.1 Å². The molecule has 0 spiro atoms. The molecule has 2 nitrogen and oxygen atoms in total. The van der Waals surface area contributed by atoms with Crippen molar-refractivity contribution >= 4 is 0 Å². The molecular formula is C8H10FNO. The fraction of sp³-hybridized carbons (Fsp3) is 0.375. The van der Waals surface area contributed by atoms with Crippen molar-refractivity contribution in [2.24, 2.45) is 0 Å². The molecule has 3 heteroatoms. The molecule has 0 bridgehead atoms. The number of hydrogen-bond acceptors (Lipinski definition) is 2. The fourth-order valence-corrected chi connectivity index (χ4v) is 0.738. The van der Waals surface area contributed by atoms with Crippen LogP contribution in [0.2, 0.25) is 0 Å². The summed E-state index contributed by atoms with van der Waals surface area (Å²) in [5, 5.41) is 9.39. The molecule has 0 saturated carbocycles. The molecule has 0 radical (unpaired) electrons. The number of aliphatic hydroxyl groups is 1. The fourth-order valence-electron chi connectivity index (χ4n) is 0.738. The molecule has 0 unspecified atom stereocenters. The smallest absolute Gasteiger partial charge is 0.141 e. The van der Waals surface area contributed by atoms with Crippen LogP contribution in [-0.2, 0) is 5.60 Å². The Bertz CT molecular complexity index is 237. The van der Waals surface area contributed by atoms with Gasteiger partial charge in [-0.3, -0.25) is 4.98 Å². The number of halogens is 1. The van der Waals surface area contributed by atoms with Crippen molar-refractivity contribution in [3.05, 3.63) is 29.8 Å². The zero-order valence-corrected chi connectivity index (χ0v) is 6.50. The molecule has 0 amide bonds. The molecule has 0 aromatic carbocycles. The Morgan fingerprint density at radius 3 is 2.45 bits per heavy atom. The summed E-state index contributed by atoms with van der Waals surface area (Å²) in [5.41, 5.74) is -0.521. The average molecular weight is 155 g/mol. The maximum atomic E-state index is 12.3. The van der Waals surface area contributed by atoms with Gasteiger partial charge < -0.3 is 5.11 Å². The van der Waals surface area contributed by atoms with Crippen LogP contribution in [0, 0.1) is 5.82 Å². The molecule has 11 heavy (non-hydrogen) atoms. The van der Waals surface area contributed by atoms with Crippen molar-refractivity contribution in [3.8, 4) is 0 Å². The predicted octanol–water partition coefficient (Wildman–Crippen LogP) is 1.45. The normalized spacial score (nSPS) is 11.6. The summed E-state index contributed by atoms with van der Waals surface area (Å²) in [4.78, 5) is 3.72. The van der Waals surface area contributed by atoms with E-state index in [4.69, 9.17) is 0 Å². The minimum atomic E-state index is -0.992. The summed E-state index contributed by atoms with van der Waals surface area (Å²) in [7, 11) is 0. The van der Waals surface area contributed by atoms with Gasteiger partial charge in [0.15, 0.2) is 0 Å². The lowest BCUT2D eigenvalue weighted by Crippen LogP contribution is -2.17. The Morgan fingerprint density at radius 2 is 2.09 bits per heavy atom. The van der Waals surface area contributed by atoms with Crippen LogP contribution in [0.1, 0.15) is 19.5 Å². The minimum absolute atomic E-state index is 0.391. The Labute approximate surface area is 64.7 Å². The SMILES string of the molecule is CC(C)(O)c1ccc(F)cn1. The Balaban J connectivity index is 2.99. The number of pyridine rings is 1. The summed E-state index contributed by atoms with van der Waals surface area (Å²) >= 11 is 0. The van der Waals surface area contributed by atoms with Crippen LogP contribution in [0.15, 0.2) is 18.3 Å². The van der Waals surface area contributed by atoms with Gasteiger partial charge in [-0.15, -0.1) is 0 Å². The van der Waals surface area contributed by atoms with Crippen molar-refractivity contribution < 1.29 is 9.50 Å². The summed E-state index contributed by atoms with van der Waals surface area (Å²) in [5.74, 6) is -0.391. The number of nitrogens with zero attached hydrogens (tertiary/aromatic N) is 1. The predicted molar refractivity (Wildman–Crippen MR) is 39.4 cm³/mol. The highest BCUT2D eigenvalue weighted by Gasteiger charge is 2.16. The van der Waals surface area contributed by atoms with E-state index in [2.05, 4.69) is 4.98 Å². The van der Waals surface area contributed by atoms with Crippen molar-refractivity contribution in [1.82, 2.24) is 4.98 Å². The van der Waals surface area contributed by atoms with Gasteiger partial charge in [-0.1, -0.05) is 0 Å². The van der Waals surface area contributed by atoms with Crippen molar-refractivity contribution in [2.75, 3.05) is 0 Å². The molecular weight excluding hydrogens is 145 g/mol. The minimum Gasteiger partial charge on any atom is -0.384 e. The molecule has 0 fully saturated rings. The van der Waals surface area contributed by atoms with Gasteiger partial charge in [0.05, 0.1) is 11.9 Å². The highest BCUT2D eigenvalue weighted by Crippen LogP contribution is 2.16. The van der Waals surface area contributed by atoms with Gasteiger partial charge in [-0.2, -0.15) is 0 Å². The first-order valence-corrected chi connectivity index (χ1v) is 3.34. The number of rotatable bonds is 1. The van der Waals surface area contributed by atoms with Crippen molar-refractivity contribution in [2.45, 2.75) is 19.4 Å². The van der Waals surface area contributed by atoms with Crippen LogP contribution in [-0.4, -0.2) is 10.1 Å². The third-order valence-electron chi connectivity index (χ3n) is 1.35.